The number of para-hydroxylation sites is 2. The number of nitrogens with one attached hydrogen (secondary N) is 18. The Balaban J connectivity index is 1.52. The molecule has 0 saturated carbocycles. The Morgan fingerprint density at radius 3 is 1.55 bits per heavy atom. The number of aliphatic carboxylic acids is 3. The molecule has 22 N–H and O–H groups in total. The Morgan fingerprint density at radius 1 is 0.537 bits per heavy atom. The summed E-state index contributed by atoms with van der Waals surface area (Å²) in [6.45, 7) is 16.5. The van der Waals surface area contributed by atoms with E-state index in [1.807, 2.05) is 0 Å². The Morgan fingerprint density at radius 2 is 1.04 bits per heavy atom. The molecule has 1 aliphatic heterocycles. The molecule has 1 aliphatic rings. The molecule has 6 rings (SSSR count). The zero-order valence-electron chi connectivity index (χ0n) is 69.9. The maximum Gasteiger partial charge on any atom is 0.327 e. The number of H-pyrrole nitrogens is 3. The lowest BCUT2D eigenvalue weighted by Crippen LogP contribution is -2.62. The summed E-state index contributed by atoms with van der Waals surface area (Å²) in [6.07, 6.45) is 0.527. The fourth-order valence-corrected chi connectivity index (χ4v) is 15.8. The predicted molar refractivity (Wildman–Crippen MR) is 462 cm³/mol. The van der Waals surface area contributed by atoms with E-state index in [0.29, 0.717) is 54.5 Å². The molecule has 44 heteroatoms. The van der Waals surface area contributed by atoms with Gasteiger partial charge < -0.3 is 115 Å². The second-order valence-corrected chi connectivity index (χ2v) is 35.3. The van der Waals surface area contributed by atoms with Gasteiger partial charge in [0.1, 0.15) is 78.5 Å². The van der Waals surface area contributed by atoms with Crippen molar-refractivity contribution in [2.75, 3.05) is 29.6 Å². The average Bonchev–Trinajstić information content (AvgIpc) is 1.71. The number of rotatable bonds is 29. The quantitative estimate of drug-likeness (QED) is 0.0189. The fraction of sp³-hybridized carbons (Fsp3) is 0.544. The lowest BCUT2D eigenvalue weighted by atomic mass is 9.98. The molecule has 0 aliphatic carbocycles. The third kappa shape index (κ3) is 32.3. The minimum atomic E-state index is -1.96. The van der Waals surface area contributed by atoms with Crippen molar-refractivity contribution in [1.82, 2.24) is 99.7 Å². The highest BCUT2D eigenvalue weighted by Gasteiger charge is 2.40. The number of carboxylic acids is 3. The molecular weight excluding hydrogens is 1680 g/mol. The van der Waals surface area contributed by atoms with E-state index in [2.05, 4.69) is 125 Å². The number of aromatic amines is 3. The number of hydrogen-bond acceptors (Lipinski definition) is 24. The average molecular weight is 1790 g/mol. The first-order valence-corrected chi connectivity index (χ1v) is 43.6. The molecule has 1 saturated heterocycles. The maximum atomic E-state index is 15.4. The molecule has 4 heterocycles. The summed E-state index contributed by atoms with van der Waals surface area (Å²) in [4.78, 5) is 255. The molecule has 123 heavy (non-hydrogen) atoms. The number of imidazole rings is 1. The third-order valence-electron chi connectivity index (χ3n) is 19.3. The summed E-state index contributed by atoms with van der Waals surface area (Å²) in [5.74, 6) is -22.7. The van der Waals surface area contributed by atoms with E-state index in [4.69, 9.17) is 0 Å². The van der Waals surface area contributed by atoms with Gasteiger partial charge in [0.05, 0.1) is 37.1 Å². The van der Waals surface area contributed by atoms with Crippen LogP contribution in [0.4, 0.5) is 0 Å². The lowest BCUT2D eigenvalue weighted by Gasteiger charge is -2.29. The van der Waals surface area contributed by atoms with Crippen LogP contribution in [0, 0.1) is 17.8 Å². The topological polar surface area (TPSA) is 612 Å². The van der Waals surface area contributed by atoms with Gasteiger partial charge in [-0.2, -0.15) is 25.3 Å². The van der Waals surface area contributed by atoms with Gasteiger partial charge in [-0.25, -0.2) is 9.78 Å². The van der Waals surface area contributed by atoms with Crippen molar-refractivity contribution in [2.45, 2.75) is 224 Å². The van der Waals surface area contributed by atoms with Crippen LogP contribution in [0.3, 0.4) is 0 Å². The van der Waals surface area contributed by atoms with Crippen LogP contribution in [-0.2, 0) is 101 Å². The van der Waals surface area contributed by atoms with Gasteiger partial charge in [-0.1, -0.05) is 99.5 Å². The Hall–Kier alpha value is -11.0. The SMILES string of the molecule is CC(C)C[C@@H]1NC(=O)[C@H](Cc2c[nH]cn2)NC(=O)[C@H](Cc2c[nH]c3ccccc23)NC(=O)[C@H](C)NC(=O)[C@@H](NC(=O)[C@H](CC(=O)O)NC(=O)[C@H](CS)NC(C)(C)C)CSSC[C@@H](C(=O)NC(C(=O)N[C@@H](CS)C(=O)O)[C@@H](C)O)NC(=O)[C@H](Cc2c[nH]c3ccccc23)NC(=O)[C@H](C(C)C)NC(=O)[C@H](CC(C)C)NC(=O)[C@H](CCC(=O)O)NC(=O)CNC1=O. The Kier molecular flexibility index (Phi) is 39.5. The fourth-order valence-electron chi connectivity index (χ4n) is 12.9. The van der Waals surface area contributed by atoms with Crippen LogP contribution in [0.1, 0.15) is 125 Å². The van der Waals surface area contributed by atoms with Crippen molar-refractivity contribution in [3.63, 3.8) is 0 Å². The molecule has 0 bridgehead atoms. The van der Waals surface area contributed by atoms with Gasteiger partial charge in [0.25, 0.3) is 0 Å². The second kappa shape index (κ2) is 48.2. The molecule has 0 radical (unpaired) electrons. The summed E-state index contributed by atoms with van der Waals surface area (Å²) >= 11 is 8.30. The van der Waals surface area contributed by atoms with E-state index >= 15 is 19.2 Å². The summed E-state index contributed by atoms with van der Waals surface area (Å²) < 4.78 is 0. The molecule has 40 nitrogen and oxygen atoms in total. The minimum absolute atomic E-state index is 0.0761. The van der Waals surface area contributed by atoms with Crippen molar-refractivity contribution in [3.8, 4) is 0 Å². The first-order valence-electron chi connectivity index (χ1n) is 39.8. The van der Waals surface area contributed by atoms with Crippen LogP contribution in [0.5, 0.6) is 0 Å². The molecule has 15 atom stereocenters. The number of carboxylic acid groups (broad SMARTS) is 3. The van der Waals surface area contributed by atoms with Gasteiger partial charge in [-0.05, 0) is 94.9 Å². The molecule has 5 aromatic rings. The number of aliphatic hydroxyl groups excluding tert-OH is 1. The van der Waals surface area contributed by atoms with Gasteiger partial charge in [-0.3, -0.25) is 76.7 Å². The minimum Gasteiger partial charge on any atom is -0.481 e. The lowest BCUT2D eigenvalue weighted by molar-refractivity contribution is -0.142. The smallest absolute Gasteiger partial charge is 0.327 e. The molecule has 3 aromatic heterocycles. The van der Waals surface area contributed by atoms with Gasteiger partial charge in [0.2, 0.25) is 82.7 Å². The maximum absolute atomic E-state index is 15.4. The molecule has 674 valence electrons. The summed E-state index contributed by atoms with van der Waals surface area (Å²) in [5.41, 5.74) is 1.59. The standard InChI is InChI=1S/C79H113N19O21S4/c1-37(2)22-50-66(106)83-31-60(100)86-49(20-21-61(101)102)67(107)89-51(23-38(3)4)72(112)96-63(39(5)6)76(116)92-53(25-43-29-82-48-19-15-13-17-46(43)48)69(109)95-59(75(115)97-64(41(8)99)77(117)93-57(33-121)78(118)119)35-123-122-34-58(94-71(111)55(27-62(103)104)91-73(113)56(32-120)98-79(9,10)11)74(114)85-40(7)65(105)87-52(24-42-28-81-47-18-14-12-16-45(42)47)68(108)90-54(70(110)88-50)26-44-30-80-36-84-44/h12-19,28-30,36-41,49-59,63-64,81-82,98-99,120-121H,20-27,31-35H2,1-11H3,(H,80,84)(H,83,106)(H,85,114)(H,86,100)(H,87,105)(H,88,110)(H,89,107)(H,90,108)(H,91,113)(H,92,116)(H,93,117)(H,94,111)(H,95,109)(H,96,112)(H,97,115)(H,101,102)(H,103,104)(H,118,119)/t40-,41+,49-,50-,51-,52-,53-,54-,55-,56-,57-,58-,59-,63-,64?/m0/s1. The van der Waals surface area contributed by atoms with Crippen LogP contribution in [0.2, 0.25) is 0 Å². The Labute approximate surface area is 728 Å². The number of nitrogens with zero attached hydrogens (tertiary/aromatic N) is 1. The number of hydrogen-bond donors (Lipinski definition) is 24. The molecule has 2 aromatic carbocycles. The number of carbonyl (C=O) groups excluding carboxylic acids is 14. The van der Waals surface area contributed by atoms with Crippen LogP contribution in [0.15, 0.2) is 73.4 Å². The van der Waals surface area contributed by atoms with Crippen LogP contribution < -0.4 is 79.8 Å². The number of benzene rings is 2. The van der Waals surface area contributed by atoms with Crippen molar-refractivity contribution in [3.05, 3.63) is 90.3 Å². The monoisotopic (exact) mass is 1790 g/mol. The van der Waals surface area contributed by atoms with Gasteiger partial charge in [0, 0.05) is 94.6 Å². The molecule has 1 unspecified atom stereocenters. The number of thiol groups is 2. The van der Waals surface area contributed by atoms with Gasteiger partial charge >= 0.3 is 17.9 Å². The summed E-state index contributed by atoms with van der Waals surface area (Å²) in [7, 11) is 1.43. The largest absolute Gasteiger partial charge is 0.481 e. The van der Waals surface area contributed by atoms with Crippen molar-refractivity contribution in [1.29, 1.82) is 0 Å². The molecule has 0 spiro atoms. The highest BCUT2D eigenvalue weighted by molar-refractivity contribution is 8.76. The van der Waals surface area contributed by atoms with Crippen LogP contribution >= 0.6 is 46.8 Å². The van der Waals surface area contributed by atoms with E-state index in [0.717, 1.165) is 6.92 Å². The zero-order valence-corrected chi connectivity index (χ0v) is 73.3. The number of carbonyl (C=O) groups is 17. The van der Waals surface area contributed by atoms with E-state index in [1.165, 1.54) is 19.4 Å². The Bertz CT molecular complexity index is 4560. The van der Waals surface area contributed by atoms with E-state index in [1.54, 1.807) is 123 Å². The first-order chi connectivity index (χ1) is 57.9. The second-order valence-electron chi connectivity index (χ2n) is 32.0. The van der Waals surface area contributed by atoms with Crippen molar-refractivity contribution in [2.24, 2.45) is 17.8 Å². The van der Waals surface area contributed by atoms with E-state index < -0.39 is 246 Å². The number of fused-ring (bicyclic) bond motifs is 2. The normalized spacial score (nSPS) is 22.3. The summed E-state index contributed by atoms with van der Waals surface area (Å²) in [6, 6.07) is -9.44. The molecular formula is C79H113N19O21S4. The third-order valence-corrected chi connectivity index (χ3v) is 22.4. The van der Waals surface area contributed by atoms with E-state index in [-0.39, 0.29) is 55.4 Å². The highest BCUT2D eigenvalue weighted by atomic mass is 33.1. The summed E-state index contributed by atoms with van der Waals surface area (Å²) in [5, 5.41) is 80.4. The van der Waals surface area contributed by atoms with Gasteiger partial charge in [0.15, 0.2) is 0 Å². The molecule has 1 fully saturated rings. The van der Waals surface area contributed by atoms with Crippen molar-refractivity contribution >= 4 is 169 Å². The van der Waals surface area contributed by atoms with Crippen molar-refractivity contribution < 1.29 is 102 Å². The predicted octanol–water partition coefficient (Wildman–Crippen LogP) is -1.60. The van der Waals surface area contributed by atoms with E-state index in [9.17, 15) is 82.8 Å². The number of aliphatic hydroxyl groups is 1. The highest BCUT2D eigenvalue weighted by Crippen LogP contribution is 2.26. The van der Waals surface area contributed by atoms with Gasteiger partial charge in [-0.15, -0.1) is 0 Å². The van der Waals surface area contributed by atoms with Crippen LogP contribution in [0.25, 0.3) is 21.8 Å². The zero-order chi connectivity index (χ0) is 91.3. The number of aromatic nitrogens is 4. The number of amides is 14. The first kappa shape index (κ1) is 101. The van der Waals surface area contributed by atoms with Crippen LogP contribution in [-0.4, -0.2) is 267 Å². The molecule has 14 amide bonds.